The summed E-state index contributed by atoms with van der Waals surface area (Å²) >= 11 is 0. The van der Waals surface area contributed by atoms with E-state index in [0.717, 1.165) is 0 Å². The van der Waals surface area contributed by atoms with Gasteiger partial charge in [0.05, 0.1) is 23.6 Å². The highest BCUT2D eigenvalue weighted by Gasteiger charge is 2.47. The molecular formula is C17H22N2O3. The normalized spacial score (nSPS) is 19.4. The molecule has 118 valence electrons. The van der Waals surface area contributed by atoms with Gasteiger partial charge in [0.2, 0.25) is 11.8 Å². The molecule has 5 heteroatoms. The van der Waals surface area contributed by atoms with E-state index in [1.807, 2.05) is 32.0 Å². The van der Waals surface area contributed by atoms with Gasteiger partial charge in [-0.05, 0) is 32.4 Å². The van der Waals surface area contributed by atoms with Gasteiger partial charge in [-0.15, -0.1) is 6.58 Å². The van der Waals surface area contributed by atoms with Crippen LogP contribution in [-0.2, 0) is 9.59 Å². The molecular weight excluding hydrogens is 280 g/mol. The summed E-state index contributed by atoms with van der Waals surface area (Å²) in [4.78, 5) is 24.0. The van der Waals surface area contributed by atoms with Crippen molar-refractivity contribution in [2.75, 3.05) is 11.9 Å². The molecule has 1 aromatic carbocycles. The average molecular weight is 302 g/mol. The van der Waals surface area contributed by atoms with E-state index in [1.54, 1.807) is 12.1 Å². The largest absolute Gasteiger partial charge is 0.489 e. The highest BCUT2D eigenvalue weighted by molar-refractivity contribution is 6.00. The summed E-state index contributed by atoms with van der Waals surface area (Å²) in [6.45, 7) is 7.83. The molecule has 1 aliphatic rings. The number of ether oxygens (including phenoxy) is 1. The van der Waals surface area contributed by atoms with Crippen molar-refractivity contribution in [2.24, 2.45) is 11.8 Å². The molecule has 0 bridgehead atoms. The number of amides is 2. The summed E-state index contributed by atoms with van der Waals surface area (Å²) in [5.74, 6) is -0.0977. The minimum absolute atomic E-state index is 0.0245. The van der Waals surface area contributed by atoms with E-state index in [1.165, 1.54) is 0 Å². The van der Waals surface area contributed by atoms with E-state index in [0.29, 0.717) is 24.4 Å². The van der Waals surface area contributed by atoms with Gasteiger partial charge in [0, 0.05) is 6.54 Å². The molecule has 0 heterocycles. The van der Waals surface area contributed by atoms with Crippen molar-refractivity contribution in [1.82, 2.24) is 5.32 Å². The van der Waals surface area contributed by atoms with Gasteiger partial charge in [-0.3, -0.25) is 9.59 Å². The molecule has 0 aromatic heterocycles. The van der Waals surface area contributed by atoms with Gasteiger partial charge in [0.25, 0.3) is 0 Å². The molecule has 0 spiro atoms. The molecule has 22 heavy (non-hydrogen) atoms. The number of para-hydroxylation sites is 2. The molecule has 2 atom stereocenters. The number of anilines is 1. The summed E-state index contributed by atoms with van der Waals surface area (Å²) in [5, 5.41) is 5.57. The van der Waals surface area contributed by atoms with Crippen LogP contribution in [0.4, 0.5) is 5.69 Å². The van der Waals surface area contributed by atoms with Crippen LogP contribution in [0.1, 0.15) is 20.3 Å². The Morgan fingerprint density at radius 3 is 2.68 bits per heavy atom. The third-order valence-corrected chi connectivity index (χ3v) is 3.39. The lowest BCUT2D eigenvalue weighted by molar-refractivity contribution is -0.125. The summed E-state index contributed by atoms with van der Waals surface area (Å²) < 4.78 is 5.67. The lowest BCUT2D eigenvalue weighted by Crippen LogP contribution is -2.27. The third kappa shape index (κ3) is 4.10. The van der Waals surface area contributed by atoms with Gasteiger partial charge in [0.1, 0.15) is 5.75 Å². The van der Waals surface area contributed by atoms with E-state index in [9.17, 15) is 9.59 Å². The van der Waals surface area contributed by atoms with Crippen molar-refractivity contribution < 1.29 is 14.3 Å². The topological polar surface area (TPSA) is 67.4 Å². The average Bonchev–Trinajstić information content (AvgIpc) is 3.27. The summed E-state index contributed by atoms with van der Waals surface area (Å²) in [5.41, 5.74) is 0.637. The summed E-state index contributed by atoms with van der Waals surface area (Å²) in [7, 11) is 0. The van der Waals surface area contributed by atoms with Crippen molar-refractivity contribution >= 4 is 17.5 Å². The number of hydrogen-bond acceptors (Lipinski definition) is 3. The SMILES string of the molecule is C=CCNC(=O)C1CC1C(=O)Nc1ccccc1OC(C)C. The lowest BCUT2D eigenvalue weighted by Gasteiger charge is -2.14. The van der Waals surface area contributed by atoms with Gasteiger partial charge in [0.15, 0.2) is 0 Å². The zero-order valence-electron chi connectivity index (χ0n) is 13.0. The first kappa shape index (κ1) is 16.1. The Hall–Kier alpha value is -2.30. The molecule has 5 nitrogen and oxygen atoms in total. The van der Waals surface area contributed by atoms with Crippen LogP contribution in [0.15, 0.2) is 36.9 Å². The smallest absolute Gasteiger partial charge is 0.228 e. The predicted octanol–water partition coefficient (Wildman–Crippen LogP) is 2.35. The number of rotatable bonds is 7. The maximum Gasteiger partial charge on any atom is 0.228 e. The van der Waals surface area contributed by atoms with Crippen LogP contribution in [0.3, 0.4) is 0 Å². The van der Waals surface area contributed by atoms with E-state index in [4.69, 9.17) is 4.74 Å². The van der Waals surface area contributed by atoms with Crippen LogP contribution in [0.25, 0.3) is 0 Å². The van der Waals surface area contributed by atoms with Crippen LogP contribution in [-0.4, -0.2) is 24.5 Å². The van der Waals surface area contributed by atoms with Crippen LogP contribution in [0.2, 0.25) is 0 Å². The van der Waals surface area contributed by atoms with Crippen LogP contribution in [0.5, 0.6) is 5.75 Å². The molecule has 2 amide bonds. The van der Waals surface area contributed by atoms with Crippen molar-refractivity contribution in [3.8, 4) is 5.75 Å². The second kappa shape index (κ2) is 7.11. The van der Waals surface area contributed by atoms with Crippen molar-refractivity contribution in [2.45, 2.75) is 26.4 Å². The molecule has 0 saturated heterocycles. The fourth-order valence-corrected chi connectivity index (χ4v) is 2.23. The minimum Gasteiger partial charge on any atom is -0.489 e. The first-order chi connectivity index (χ1) is 10.5. The fraction of sp³-hybridized carbons (Fsp3) is 0.412. The number of carbonyl (C=O) groups excluding carboxylic acids is 2. The first-order valence-electron chi connectivity index (χ1n) is 7.48. The van der Waals surface area contributed by atoms with Crippen LogP contribution in [0, 0.1) is 11.8 Å². The second-order valence-electron chi connectivity index (χ2n) is 5.63. The molecule has 1 fully saturated rings. The Balaban J connectivity index is 1.94. The van der Waals surface area contributed by atoms with Gasteiger partial charge < -0.3 is 15.4 Å². The molecule has 2 rings (SSSR count). The molecule has 0 aliphatic heterocycles. The Bertz CT molecular complexity index is 569. The maximum absolute atomic E-state index is 12.2. The van der Waals surface area contributed by atoms with Crippen molar-refractivity contribution in [1.29, 1.82) is 0 Å². The van der Waals surface area contributed by atoms with Crippen LogP contribution < -0.4 is 15.4 Å². The van der Waals surface area contributed by atoms with E-state index in [2.05, 4.69) is 17.2 Å². The van der Waals surface area contributed by atoms with E-state index < -0.39 is 0 Å². The molecule has 1 saturated carbocycles. The minimum atomic E-state index is -0.267. The Morgan fingerprint density at radius 2 is 2.00 bits per heavy atom. The molecule has 1 aliphatic carbocycles. The van der Waals surface area contributed by atoms with Gasteiger partial charge >= 0.3 is 0 Å². The van der Waals surface area contributed by atoms with Gasteiger partial charge in [-0.2, -0.15) is 0 Å². The highest BCUT2D eigenvalue weighted by atomic mass is 16.5. The highest BCUT2D eigenvalue weighted by Crippen LogP contribution is 2.40. The molecule has 2 N–H and O–H groups in total. The fourth-order valence-electron chi connectivity index (χ4n) is 2.23. The van der Waals surface area contributed by atoms with Crippen molar-refractivity contribution in [3.63, 3.8) is 0 Å². The summed E-state index contributed by atoms with van der Waals surface area (Å²) in [6.07, 6.45) is 2.23. The molecule has 0 radical (unpaired) electrons. The number of carbonyl (C=O) groups is 2. The van der Waals surface area contributed by atoms with E-state index >= 15 is 0 Å². The number of nitrogens with one attached hydrogen (secondary N) is 2. The Labute approximate surface area is 130 Å². The Kier molecular flexibility index (Phi) is 5.20. The Morgan fingerprint density at radius 1 is 1.32 bits per heavy atom. The predicted molar refractivity (Wildman–Crippen MR) is 85.6 cm³/mol. The quantitative estimate of drug-likeness (QED) is 0.760. The standard InChI is InChI=1S/C17H22N2O3/c1-4-9-18-16(20)12-10-13(12)17(21)19-14-7-5-6-8-15(14)22-11(2)3/h4-8,11-13H,1,9-10H2,2-3H3,(H,18,20)(H,19,21). The first-order valence-corrected chi connectivity index (χ1v) is 7.48. The molecule has 1 aromatic rings. The van der Waals surface area contributed by atoms with E-state index in [-0.39, 0.29) is 29.8 Å². The lowest BCUT2D eigenvalue weighted by atomic mass is 10.2. The second-order valence-corrected chi connectivity index (χ2v) is 5.63. The summed E-state index contributed by atoms with van der Waals surface area (Å²) in [6, 6.07) is 7.31. The number of benzene rings is 1. The maximum atomic E-state index is 12.2. The molecule has 2 unspecified atom stereocenters. The van der Waals surface area contributed by atoms with Crippen LogP contribution >= 0.6 is 0 Å². The zero-order valence-corrected chi connectivity index (χ0v) is 13.0. The van der Waals surface area contributed by atoms with Gasteiger partial charge in [-0.1, -0.05) is 18.2 Å². The number of hydrogen-bond donors (Lipinski definition) is 2. The zero-order chi connectivity index (χ0) is 16.1. The monoisotopic (exact) mass is 302 g/mol. The van der Waals surface area contributed by atoms with Crippen molar-refractivity contribution in [3.05, 3.63) is 36.9 Å². The van der Waals surface area contributed by atoms with Gasteiger partial charge in [-0.25, -0.2) is 0 Å². The third-order valence-electron chi connectivity index (χ3n) is 3.39.